The molecule has 1 aromatic carbocycles. The number of aliphatic imine (C=N–C) groups is 1. The van der Waals surface area contributed by atoms with E-state index in [1.807, 2.05) is 38.2 Å². The molecule has 1 atom stereocenters. The number of benzene rings is 1. The smallest absolute Gasteiger partial charge is 0.193 e. The van der Waals surface area contributed by atoms with Crippen molar-refractivity contribution in [3.63, 3.8) is 0 Å². The van der Waals surface area contributed by atoms with Gasteiger partial charge < -0.3 is 19.7 Å². The molecule has 0 aliphatic heterocycles. The van der Waals surface area contributed by atoms with Gasteiger partial charge in [0.1, 0.15) is 6.10 Å². The molecule has 0 aliphatic rings. The molecule has 5 nitrogen and oxygen atoms in total. The Labute approximate surface area is 147 Å². The van der Waals surface area contributed by atoms with E-state index < -0.39 is 0 Å². The second kappa shape index (κ2) is 9.17. The molecule has 0 fully saturated rings. The van der Waals surface area contributed by atoms with Crippen LogP contribution in [0.25, 0.3) is 0 Å². The maximum Gasteiger partial charge on any atom is 0.193 e. The Morgan fingerprint density at radius 3 is 2.67 bits per heavy atom. The van der Waals surface area contributed by atoms with E-state index in [2.05, 4.69) is 32.0 Å². The zero-order valence-corrected chi connectivity index (χ0v) is 15.5. The van der Waals surface area contributed by atoms with Crippen molar-refractivity contribution in [1.29, 1.82) is 0 Å². The van der Waals surface area contributed by atoms with E-state index in [1.54, 1.807) is 25.5 Å². The Kier molecular flexibility index (Phi) is 6.93. The molecule has 130 valence electrons. The molecule has 2 rings (SSSR count). The van der Waals surface area contributed by atoms with Crippen LogP contribution in [-0.2, 0) is 6.54 Å². The zero-order chi connectivity index (χ0) is 17.4. The van der Waals surface area contributed by atoms with Crippen LogP contribution in [0.2, 0.25) is 0 Å². The normalized spacial score (nSPS) is 12.6. The van der Waals surface area contributed by atoms with Crippen LogP contribution in [0.5, 0.6) is 11.5 Å². The minimum Gasteiger partial charge on any atom is -0.493 e. The first-order chi connectivity index (χ1) is 11.6. The Morgan fingerprint density at radius 1 is 1.29 bits per heavy atom. The predicted molar refractivity (Wildman–Crippen MR) is 100 cm³/mol. The first kappa shape index (κ1) is 18.1. The number of nitrogens with zero attached hydrogens (tertiary/aromatic N) is 2. The number of ether oxygens (including phenoxy) is 2. The highest BCUT2D eigenvalue weighted by atomic mass is 32.1. The molecular formula is C18H25N3O2S. The van der Waals surface area contributed by atoms with E-state index in [4.69, 9.17) is 9.47 Å². The highest BCUT2D eigenvalue weighted by molar-refractivity contribution is 7.07. The van der Waals surface area contributed by atoms with Gasteiger partial charge in [0.15, 0.2) is 17.5 Å². The van der Waals surface area contributed by atoms with E-state index in [9.17, 15) is 0 Å². The SMILES string of the molecule is CN=C(NCC(C)Oc1ccccc1OC)N(C)Cc1ccsc1. The first-order valence-electron chi connectivity index (χ1n) is 7.86. The Hall–Kier alpha value is -2.21. The van der Waals surface area contributed by atoms with Gasteiger partial charge in [0, 0.05) is 20.6 Å². The summed E-state index contributed by atoms with van der Waals surface area (Å²) in [4.78, 5) is 6.43. The highest BCUT2D eigenvalue weighted by Crippen LogP contribution is 2.26. The van der Waals surface area contributed by atoms with Crippen LogP contribution in [0.1, 0.15) is 12.5 Å². The summed E-state index contributed by atoms with van der Waals surface area (Å²) in [6.45, 7) is 3.50. The number of methoxy groups -OCH3 is 1. The lowest BCUT2D eigenvalue weighted by Gasteiger charge is -2.24. The highest BCUT2D eigenvalue weighted by Gasteiger charge is 2.11. The number of guanidine groups is 1. The van der Waals surface area contributed by atoms with Crippen LogP contribution >= 0.6 is 11.3 Å². The monoisotopic (exact) mass is 347 g/mol. The van der Waals surface area contributed by atoms with E-state index in [-0.39, 0.29) is 6.10 Å². The van der Waals surface area contributed by atoms with Crippen molar-refractivity contribution >= 4 is 17.3 Å². The van der Waals surface area contributed by atoms with Gasteiger partial charge in [-0.05, 0) is 41.4 Å². The number of nitrogens with one attached hydrogen (secondary N) is 1. The average Bonchev–Trinajstić information content (AvgIpc) is 3.09. The zero-order valence-electron chi connectivity index (χ0n) is 14.7. The van der Waals surface area contributed by atoms with E-state index >= 15 is 0 Å². The minimum atomic E-state index is -0.0207. The van der Waals surface area contributed by atoms with Crippen LogP contribution in [0, 0.1) is 0 Å². The molecule has 1 unspecified atom stereocenters. The van der Waals surface area contributed by atoms with Crippen molar-refractivity contribution < 1.29 is 9.47 Å². The third-order valence-electron chi connectivity index (χ3n) is 3.52. The van der Waals surface area contributed by atoms with Crippen molar-refractivity contribution in [2.45, 2.75) is 19.6 Å². The topological polar surface area (TPSA) is 46.1 Å². The molecule has 0 saturated heterocycles. The second-order valence-electron chi connectivity index (χ2n) is 5.50. The average molecular weight is 347 g/mol. The van der Waals surface area contributed by atoms with Crippen LogP contribution in [-0.4, -0.2) is 44.7 Å². The summed E-state index contributed by atoms with van der Waals surface area (Å²) in [7, 11) is 5.46. The van der Waals surface area contributed by atoms with Gasteiger partial charge in [-0.1, -0.05) is 12.1 Å². The van der Waals surface area contributed by atoms with Crippen LogP contribution in [0.15, 0.2) is 46.1 Å². The molecule has 6 heteroatoms. The third-order valence-corrected chi connectivity index (χ3v) is 4.25. The number of rotatable bonds is 7. The largest absolute Gasteiger partial charge is 0.493 e. The third kappa shape index (κ3) is 5.16. The molecular weight excluding hydrogens is 322 g/mol. The van der Waals surface area contributed by atoms with Gasteiger partial charge >= 0.3 is 0 Å². The number of hydrogen-bond donors (Lipinski definition) is 1. The summed E-state index contributed by atoms with van der Waals surface area (Å²) in [6.07, 6.45) is -0.0207. The molecule has 0 bridgehead atoms. The number of para-hydroxylation sites is 2. The van der Waals surface area contributed by atoms with Gasteiger partial charge in [-0.3, -0.25) is 4.99 Å². The maximum absolute atomic E-state index is 5.96. The lowest BCUT2D eigenvalue weighted by atomic mass is 10.3. The summed E-state index contributed by atoms with van der Waals surface area (Å²) < 4.78 is 11.3. The molecule has 1 heterocycles. The standard InChI is InChI=1S/C18H25N3O2S/c1-14(23-17-8-6-5-7-16(17)22-4)11-20-18(19-2)21(3)12-15-9-10-24-13-15/h5-10,13-14H,11-12H2,1-4H3,(H,19,20). The van der Waals surface area contributed by atoms with Crippen molar-refractivity contribution in [2.75, 3.05) is 27.7 Å². The number of thiophene rings is 1. The van der Waals surface area contributed by atoms with E-state index in [0.717, 1.165) is 24.0 Å². The molecule has 0 aliphatic carbocycles. The van der Waals surface area contributed by atoms with Crippen molar-refractivity contribution in [3.8, 4) is 11.5 Å². The minimum absolute atomic E-state index is 0.0207. The van der Waals surface area contributed by atoms with Gasteiger partial charge in [0.05, 0.1) is 13.7 Å². The van der Waals surface area contributed by atoms with Crippen LogP contribution < -0.4 is 14.8 Å². The van der Waals surface area contributed by atoms with E-state index in [1.165, 1.54) is 5.56 Å². The van der Waals surface area contributed by atoms with Gasteiger partial charge in [-0.25, -0.2) is 0 Å². The molecule has 0 radical (unpaired) electrons. The molecule has 24 heavy (non-hydrogen) atoms. The van der Waals surface area contributed by atoms with Gasteiger partial charge in [-0.15, -0.1) is 0 Å². The van der Waals surface area contributed by atoms with Crippen molar-refractivity contribution in [2.24, 2.45) is 4.99 Å². The summed E-state index contributed by atoms with van der Waals surface area (Å²) in [5, 5.41) is 7.59. The quantitative estimate of drug-likeness (QED) is 0.617. The Balaban J connectivity index is 1.86. The fraction of sp³-hybridized carbons (Fsp3) is 0.389. The fourth-order valence-corrected chi connectivity index (χ4v) is 2.99. The van der Waals surface area contributed by atoms with Crippen LogP contribution in [0.3, 0.4) is 0 Å². The Bertz CT molecular complexity index is 643. The lowest BCUT2D eigenvalue weighted by molar-refractivity contribution is 0.212. The molecule has 0 saturated carbocycles. The van der Waals surface area contributed by atoms with Gasteiger partial charge in [-0.2, -0.15) is 11.3 Å². The second-order valence-corrected chi connectivity index (χ2v) is 6.28. The fourth-order valence-electron chi connectivity index (χ4n) is 2.33. The summed E-state index contributed by atoms with van der Waals surface area (Å²) >= 11 is 1.71. The first-order valence-corrected chi connectivity index (χ1v) is 8.81. The lowest BCUT2D eigenvalue weighted by Crippen LogP contribution is -2.42. The molecule has 0 spiro atoms. The van der Waals surface area contributed by atoms with Crippen molar-refractivity contribution in [3.05, 3.63) is 46.7 Å². The van der Waals surface area contributed by atoms with Crippen LogP contribution in [0.4, 0.5) is 0 Å². The summed E-state index contributed by atoms with van der Waals surface area (Å²) in [5.41, 5.74) is 1.28. The summed E-state index contributed by atoms with van der Waals surface area (Å²) in [6, 6.07) is 9.79. The van der Waals surface area contributed by atoms with Gasteiger partial charge in [0.2, 0.25) is 0 Å². The maximum atomic E-state index is 5.96. The molecule has 2 aromatic rings. The molecule has 1 aromatic heterocycles. The summed E-state index contributed by atoms with van der Waals surface area (Å²) in [5.74, 6) is 2.33. The Morgan fingerprint density at radius 2 is 2.04 bits per heavy atom. The van der Waals surface area contributed by atoms with Gasteiger partial charge in [0.25, 0.3) is 0 Å². The van der Waals surface area contributed by atoms with Crippen molar-refractivity contribution in [1.82, 2.24) is 10.2 Å². The predicted octanol–water partition coefficient (Wildman–Crippen LogP) is 3.23. The molecule has 0 amide bonds. The van der Waals surface area contributed by atoms with E-state index in [0.29, 0.717) is 6.54 Å². The molecule has 1 N–H and O–H groups in total. The number of hydrogen-bond acceptors (Lipinski definition) is 4.